The van der Waals surface area contributed by atoms with Gasteiger partial charge in [-0.05, 0) is 6.42 Å². The minimum Gasteiger partial charge on any atom is -0.374 e. The van der Waals surface area contributed by atoms with Gasteiger partial charge < -0.3 is 4.74 Å². The lowest BCUT2D eigenvalue weighted by atomic mass is 10.3. The van der Waals surface area contributed by atoms with Crippen molar-refractivity contribution < 1.29 is 4.74 Å². The Labute approximate surface area is 49.4 Å². The van der Waals surface area contributed by atoms with Crippen molar-refractivity contribution in [1.82, 2.24) is 4.90 Å². The molecule has 2 aliphatic heterocycles. The van der Waals surface area contributed by atoms with Crippen molar-refractivity contribution in [2.75, 3.05) is 19.7 Å². The van der Waals surface area contributed by atoms with E-state index in [-0.39, 0.29) is 0 Å². The summed E-state index contributed by atoms with van der Waals surface area (Å²) in [5.41, 5.74) is 0. The van der Waals surface area contributed by atoms with Gasteiger partial charge in [0, 0.05) is 25.7 Å². The fraction of sp³-hybridized carbons (Fsp3) is 0.833. The van der Waals surface area contributed by atoms with E-state index < -0.39 is 0 Å². The summed E-state index contributed by atoms with van der Waals surface area (Å²) in [4.78, 5) is 2.41. The highest BCUT2D eigenvalue weighted by Gasteiger charge is 2.30. The number of ether oxygens (including phenoxy) is 1. The first-order valence-corrected chi connectivity index (χ1v) is 3.16. The van der Waals surface area contributed by atoms with E-state index in [1.54, 1.807) is 0 Å². The zero-order valence-corrected chi connectivity index (χ0v) is 4.84. The summed E-state index contributed by atoms with van der Waals surface area (Å²) in [6.07, 6.45) is 1.21. The Morgan fingerprint density at radius 3 is 2.88 bits per heavy atom. The summed E-state index contributed by atoms with van der Waals surface area (Å²) in [6.45, 7) is 5.46. The maximum atomic E-state index is 5.09. The van der Waals surface area contributed by atoms with Gasteiger partial charge in [-0.15, -0.1) is 0 Å². The second-order valence-electron chi connectivity index (χ2n) is 2.40. The first kappa shape index (κ1) is 4.77. The fourth-order valence-electron chi connectivity index (χ4n) is 1.09. The predicted octanol–water partition coefficient (Wildman–Crippen LogP) is 0.253. The van der Waals surface area contributed by atoms with Gasteiger partial charge in [-0.3, -0.25) is 4.90 Å². The molecule has 0 saturated carbocycles. The average Bonchev–Trinajstić information content (AvgIpc) is 2.49. The molecule has 2 fully saturated rings. The molecule has 0 spiro atoms. The first-order valence-electron chi connectivity index (χ1n) is 3.16. The topological polar surface area (TPSA) is 12.2 Å². The minimum atomic E-state index is 0.662. The van der Waals surface area contributed by atoms with Gasteiger partial charge in [0.2, 0.25) is 0 Å². The average molecular weight is 112 g/mol. The van der Waals surface area contributed by atoms with E-state index >= 15 is 0 Å². The molecule has 8 heavy (non-hydrogen) atoms. The molecule has 0 aromatic heterocycles. The molecule has 2 heteroatoms. The Bertz CT molecular complexity index is 84.5. The Balaban J connectivity index is 1.86. The smallest absolute Gasteiger partial charge is 0.101 e. The van der Waals surface area contributed by atoms with Crippen molar-refractivity contribution >= 4 is 0 Å². The fourth-order valence-corrected chi connectivity index (χ4v) is 1.09. The van der Waals surface area contributed by atoms with Crippen molar-refractivity contribution in [2.45, 2.75) is 12.5 Å². The predicted molar refractivity (Wildman–Crippen MR) is 30.2 cm³/mol. The van der Waals surface area contributed by atoms with E-state index in [4.69, 9.17) is 4.74 Å². The molecule has 2 saturated heterocycles. The monoisotopic (exact) mass is 112 g/mol. The maximum Gasteiger partial charge on any atom is 0.101 e. The molecular weight excluding hydrogens is 102 g/mol. The zero-order chi connectivity index (χ0) is 5.40. The SMILES string of the molecule is [CH]1OCCC1N1CC1. The van der Waals surface area contributed by atoms with Crippen LogP contribution in [0.3, 0.4) is 0 Å². The number of hydrogen-bond donors (Lipinski definition) is 0. The number of rotatable bonds is 1. The largest absolute Gasteiger partial charge is 0.374 e. The first-order chi connectivity index (χ1) is 3.97. The molecule has 2 rings (SSSR count). The van der Waals surface area contributed by atoms with Crippen LogP contribution >= 0.6 is 0 Å². The van der Waals surface area contributed by atoms with E-state index in [9.17, 15) is 0 Å². The van der Waals surface area contributed by atoms with Gasteiger partial charge >= 0.3 is 0 Å². The van der Waals surface area contributed by atoms with Crippen LogP contribution in [-0.4, -0.2) is 30.6 Å². The second-order valence-corrected chi connectivity index (χ2v) is 2.40. The van der Waals surface area contributed by atoms with E-state index in [1.807, 2.05) is 6.61 Å². The number of hydrogen-bond acceptors (Lipinski definition) is 2. The summed E-state index contributed by atoms with van der Waals surface area (Å²) in [7, 11) is 0. The van der Waals surface area contributed by atoms with Crippen LogP contribution in [-0.2, 0) is 4.74 Å². The van der Waals surface area contributed by atoms with Gasteiger partial charge in [-0.1, -0.05) is 0 Å². The van der Waals surface area contributed by atoms with Crippen molar-refractivity contribution in [3.63, 3.8) is 0 Å². The van der Waals surface area contributed by atoms with E-state index in [0.29, 0.717) is 6.04 Å². The Morgan fingerprint density at radius 1 is 1.50 bits per heavy atom. The summed E-state index contributed by atoms with van der Waals surface area (Å²) < 4.78 is 5.09. The zero-order valence-electron chi connectivity index (χ0n) is 4.84. The lowest BCUT2D eigenvalue weighted by molar-refractivity contribution is 0.245. The van der Waals surface area contributed by atoms with E-state index in [1.165, 1.54) is 19.5 Å². The molecule has 1 radical (unpaired) electrons. The molecule has 0 aromatic rings. The van der Waals surface area contributed by atoms with Gasteiger partial charge in [0.05, 0.1) is 0 Å². The Kier molecular flexibility index (Phi) is 1.02. The van der Waals surface area contributed by atoms with Crippen molar-refractivity contribution in [2.24, 2.45) is 0 Å². The van der Waals surface area contributed by atoms with Crippen molar-refractivity contribution in [1.29, 1.82) is 0 Å². The van der Waals surface area contributed by atoms with Crippen LogP contribution in [0.4, 0.5) is 0 Å². The molecule has 0 amide bonds. The third-order valence-electron chi connectivity index (χ3n) is 1.74. The summed E-state index contributed by atoms with van der Waals surface area (Å²) in [5, 5.41) is 0. The molecule has 1 unspecified atom stereocenters. The molecule has 0 bridgehead atoms. The van der Waals surface area contributed by atoms with Crippen LogP contribution in [0, 0.1) is 6.61 Å². The van der Waals surface area contributed by atoms with Gasteiger partial charge in [0.15, 0.2) is 0 Å². The summed E-state index contributed by atoms with van der Waals surface area (Å²) in [6, 6.07) is 0.662. The molecule has 0 aromatic carbocycles. The van der Waals surface area contributed by atoms with Crippen LogP contribution in [0.1, 0.15) is 6.42 Å². The molecule has 0 aliphatic carbocycles. The third-order valence-corrected chi connectivity index (χ3v) is 1.74. The van der Waals surface area contributed by atoms with Gasteiger partial charge in [-0.25, -0.2) is 0 Å². The molecule has 2 aliphatic rings. The Hall–Kier alpha value is -0.0800. The highest BCUT2D eigenvalue weighted by atomic mass is 16.5. The Morgan fingerprint density at radius 2 is 2.38 bits per heavy atom. The summed E-state index contributed by atoms with van der Waals surface area (Å²) in [5.74, 6) is 0. The highest BCUT2D eigenvalue weighted by Crippen LogP contribution is 2.21. The molecule has 2 heterocycles. The van der Waals surface area contributed by atoms with Crippen LogP contribution in [0.25, 0.3) is 0 Å². The molecule has 45 valence electrons. The quantitative estimate of drug-likeness (QED) is 0.451. The van der Waals surface area contributed by atoms with Crippen LogP contribution < -0.4 is 0 Å². The standard InChI is InChI=1S/C6H10NO/c1-4-8-5-6(1)7-2-3-7/h5-6H,1-4H2. The maximum absolute atomic E-state index is 5.09. The van der Waals surface area contributed by atoms with Crippen LogP contribution in [0.5, 0.6) is 0 Å². The molecule has 0 N–H and O–H groups in total. The lowest BCUT2D eigenvalue weighted by Gasteiger charge is -2.04. The van der Waals surface area contributed by atoms with Crippen molar-refractivity contribution in [3.05, 3.63) is 6.61 Å². The number of nitrogens with zero attached hydrogens (tertiary/aromatic N) is 1. The molecule has 1 atom stereocenters. The normalized spacial score (nSPS) is 38.2. The summed E-state index contributed by atoms with van der Waals surface area (Å²) >= 11 is 0. The second kappa shape index (κ2) is 1.71. The lowest BCUT2D eigenvalue weighted by Crippen LogP contribution is -2.13. The van der Waals surface area contributed by atoms with Gasteiger partial charge in [0.25, 0.3) is 0 Å². The van der Waals surface area contributed by atoms with E-state index in [0.717, 1.165) is 6.61 Å². The third kappa shape index (κ3) is 0.740. The molecular formula is C6H10NO. The molecule has 2 nitrogen and oxygen atoms in total. The van der Waals surface area contributed by atoms with Crippen molar-refractivity contribution in [3.8, 4) is 0 Å². The van der Waals surface area contributed by atoms with Gasteiger partial charge in [0.1, 0.15) is 6.61 Å². The highest BCUT2D eigenvalue weighted by molar-refractivity contribution is 4.90. The van der Waals surface area contributed by atoms with Crippen LogP contribution in [0.15, 0.2) is 0 Å². The van der Waals surface area contributed by atoms with Gasteiger partial charge in [-0.2, -0.15) is 0 Å². The van der Waals surface area contributed by atoms with Crippen LogP contribution in [0.2, 0.25) is 0 Å². The van der Waals surface area contributed by atoms with E-state index in [2.05, 4.69) is 4.90 Å². The minimum absolute atomic E-state index is 0.662.